The van der Waals surface area contributed by atoms with Gasteiger partial charge in [0.05, 0.1) is 0 Å². The second-order valence-electron chi connectivity index (χ2n) is 6.08. The van der Waals surface area contributed by atoms with E-state index in [1.54, 1.807) is 30.3 Å². The van der Waals surface area contributed by atoms with Crippen LogP contribution in [0.25, 0.3) is 6.08 Å². The van der Waals surface area contributed by atoms with Gasteiger partial charge in [-0.3, -0.25) is 4.79 Å². The zero-order valence-corrected chi connectivity index (χ0v) is 13.3. The Hall–Kier alpha value is -1.86. The van der Waals surface area contributed by atoms with Crippen molar-refractivity contribution in [2.45, 2.75) is 26.2 Å². The fraction of sp³-hybridized carbons (Fsp3) is 0.211. The summed E-state index contributed by atoms with van der Waals surface area (Å²) in [5, 5.41) is 0.573. The van der Waals surface area contributed by atoms with Crippen LogP contribution in [0.2, 0.25) is 5.02 Å². The Morgan fingerprint density at radius 1 is 1.05 bits per heavy atom. The van der Waals surface area contributed by atoms with Crippen LogP contribution in [0.4, 0.5) is 0 Å². The second-order valence-corrected chi connectivity index (χ2v) is 6.52. The van der Waals surface area contributed by atoms with E-state index in [0.29, 0.717) is 10.6 Å². The van der Waals surface area contributed by atoms with E-state index in [2.05, 4.69) is 32.9 Å². The number of ketones is 1. The van der Waals surface area contributed by atoms with Gasteiger partial charge < -0.3 is 0 Å². The number of hydrogen-bond donors (Lipinski definition) is 0. The zero-order valence-electron chi connectivity index (χ0n) is 12.6. The first-order valence-electron chi connectivity index (χ1n) is 6.95. The largest absolute Gasteiger partial charge is 0.289 e. The van der Waals surface area contributed by atoms with Crippen LogP contribution in [-0.2, 0) is 5.41 Å². The van der Waals surface area contributed by atoms with Gasteiger partial charge in [0.15, 0.2) is 5.78 Å². The van der Waals surface area contributed by atoms with Crippen LogP contribution in [0.1, 0.15) is 42.3 Å². The van der Waals surface area contributed by atoms with Crippen molar-refractivity contribution in [3.8, 4) is 0 Å². The lowest BCUT2D eigenvalue weighted by atomic mass is 9.87. The molecule has 0 fully saturated rings. The standard InChI is InChI=1S/C19H19ClO/c1-19(2,3)16-10-7-14(8-11-16)9-12-18(21)15-5-4-6-17(20)13-15/h4-13H,1-3H3/b12-9+. The van der Waals surface area contributed by atoms with E-state index >= 15 is 0 Å². The number of halogens is 1. The Kier molecular flexibility index (Phi) is 4.64. The van der Waals surface area contributed by atoms with Gasteiger partial charge in [0.1, 0.15) is 0 Å². The lowest BCUT2D eigenvalue weighted by molar-refractivity contribution is 0.104. The van der Waals surface area contributed by atoms with Crippen LogP contribution in [0, 0.1) is 0 Å². The molecule has 0 unspecified atom stereocenters. The van der Waals surface area contributed by atoms with Crippen molar-refractivity contribution in [1.29, 1.82) is 0 Å². The third kappa shape index (κ3) is 4.30. The molecule has 0 N–H and O–H groups in total. The van der Waals surface area contributed by atoms with Gasteiger partial charge >= 0.3 is 0 Å². The highest BCUT2D eigenvalue weighted by Gasteiger charge is 2.12. The normalized spacial score (nSPS) is 11.8. The molecule has 2 heteroatoms. The maximum Gasteiger partial charge on any atom is 0.185 e. The molecule has 21 heavy (non-hydrogen) atoms. The Morgan fingerprint density at radius 2 is 1.71 bits per heavy atom. The Bertz CT molecular complexity index is 661. The molecule has 0 saturated carbocycles. The fourth-order valence-electron chi connectivity index (χ4n) is 2.00. The average molecular weight is 299 g/mol. The van der Waals surface area contributed by atoms with Crippen molar-refractivity contribution in [3.63, 3.8) is 0 Å². The van der Waals surface area contributed by atoms with Gasteiger partial charge in [0.25, 0.3) is 0 Å². The van der Waals surface area contributed by atoms with Crippen molar-refractivity contribution in [2.24, 2.45) is 0 Å². The lowest BCUT2D eigenvalue weighted by Crippen LogP contribution is -2.10. The second kappa shape index (κ2) is 6.28. The van der Waals surface area contributed by atoms with Gasteiger partial charge in [-0.15, -0.1) is 0 Å². The summed E-state index contributed by atoms with van der Waals surface area (Å²) in [5.74, 6) is -0.0441. The molecule has 0 aliphatic rings. The van der Waals surface area contributed by atoms with Crippen LogP contribution in [0.5, 0.6) is 0 Å². The summed E-state index contributed by atoms with van der Waals surface area (Å²) in [7, 11) is 0. The first kappa shape index (κ1) is 15.5. The third-order valence-corrected chi connectivity index (χ3v) is 3.55. The van der Waals surface area contributed by atoms with E-state index in [-0.39, 0.29) is 11.2 Å². The molecule has 0 bridgehead atoms. The Labute approximate surface area is 131 Å². The van der Waals surface area contributed by atoms with Gasteiger partial charge in [-0.1, -0.05) is 74.8 Å². The molecular weight excluding hydrogens is 280 g/mol. The molecule has 1 nitrogen and oxygen atoms in total. The van der Waals surface area contributed by atoms with E-state index < -0.39 is 0 Å². The minimum absolute atomic E-state index is 0.0441. The number of benzene rings is 2. The first-order chi connectivity index (χ1) is 9.86. The van der Waals surface area contributed by atoms with E-state index in [0.717, 1.165) is 5.56 Å². The highest BCUT2D eigenvalue weighted by atomic mass is 35.5. The molecular formula is C19H19ClO. The molecule has 0 aliphatic carbocycles. The van der Waals surface area contributed by atoms with Gasteiger partial charge in [-0.25, -0.2) is 0 Å². The van der Waals surface area contributed by atoms with E-state index in [1.807, 2.05) is 18.2 Å². The van der Waals surface area contributed by atoms with Crippen molar-refractivity contribution in [2.75, 3.05) is 0 Å². The molecule has 2 aromatic rings. The van der Waals surface area contributed by atoms with Crippen LogP contribution >= 0.6 is 11.6 Å². The quantitative estimate of drug-likeness (QED) is 0.537. The van der Waals surface area contributed by atoms with Crippen LogP contribution in [0.15, 0.2) is 54.6 Å². The predicted molar refractivity (Wildman–Crippen MR) is 90.0 cm³/mol. The highest BCUT2D eigenvalue weighted by Crippen LogP contribution is 2.22. The fourth-order valence-corrected chi connectivity index (χ4v) is 2.19. The van der Waals surface area contributed by atoms with E-state index in [9.17, 15) is 4.79 Å². The van der Waals surface area contributed by atoms with Crippen LogP contribution in [-0.4, -0.2) is 5.78 Å². The zero-order chi connectivity index (χ0) is 15.5. The average Bonchev–Trinajstić information content (AvgIpc) is 2.44. The molecule has 0 aromatic heterocycles. The summed E-state index contributed by atoms with van der Waals surface area (Å²) in [5.41, 5.74) is 3.03. The van der Waals surface area contributed by atoms with Gasteiger partial charge in [0, 0.05) is 10.6 Å². The topological polar surface area (TPSA) is 17.1 Å². The Balaban J connectivity index is 2.12. The molecule has 2 rings (SSSR count). The number of rotatable bonds is 3. The molecule has 0 radical (unpaired) electrons. The molecule has 2 aromatic carbocycles. The number of allylic oxidation sites excluding steroid dienone is 1. The van der Waals surface area contributed by atoms with Gasteiger partial charge in [0.2, 0.25) is 0 Å². The summed E-state index contributed by atoms with van der Waals surface area (Å²) in [6.07, 6.45) is 3.41. The van der Waals surface area contributed by atoms with Crippen molar-refractivity contribution >= 4 is 23.5 Å². The number of hydrogen-bond acceptors (Lipinski definition) is 1. The predicted octanol–water partition coefficient (Wildman–Crippen LogP) is 5.53. The van der Waals surface area contributed by atoms with Crippen molar-refractivity contribution in [1.82, 2.24) is 0 Å². The minimum Gasteiger partial charge on any atom is -0.289 e. The molecule has 0 amide bonds. The highest BCUT2D eigenvalue weighted by molar-refractivity contribution is 6.31. The summed E-state index contributed by atoms with van der Waals surface area (Å²) >= 11 is 5.89. The summed E-state index contributed by atoms with van der Waals surface area (Å²) in [6.45, 7) is 6.54. The monoisotopic (exact) mass is 298 g/mol. The van der Waals surface area contributed by atoms with Gasteiger partial charge in [-0.05, 0) is 34.8 Å². The number of carbonyl (C=O) groups is 1. The maximum absolute atomic E-state index is 12.1. The van der Waals surface area contributed by atoms with E-state index in [1.165, 1.54) is 5.56 Å². The summed E-state index contributed by atoms with van der Waals surface area (Å²) in [6, 6.07) is 15.2. The molecule has 0 aliphatic heterocycles. The first-order valence-corrected chi connectivity index (χ1v) is 7.32. The smallest absolute Gasteiger partial charge is 0.185 e. The summed E-state index contributed by atoms with van der Waals surface area (Å²) < 4.78 is 0. The van der Waals surface area contributed by atoms with Crippen molar-refractivity contribution < 1.29 is 4.79 Å². The SMILES string of the molecule is CC(C)(C)c1ccc(/C=C/C(=O)c2cccc(Cl)c2)cc1. The molecule has 0 atom stereocenters. The maximum atomic E-state index is 12.1. The van der Waals surface area contributed by atoms with Crippen LogP contribution in [0.3, 0.4) is 0 Å². The lowest BCUT2D eigenvalue weighted by Gasteiger charge is -2.18. The molecule has 0 spiro atoms. The number of carbonyl (C=O) groups excluding carboxylic acids is 1. The minimum atomic E-state index is -0.0441. The van der Waals surface area contributed by atoms with Crippen LogP contribution < -0.4 is 0 Å². The third-order valence-electron chi connectivity index (χ3n) is 3.31. The van der Waals surface area contributed by atoms with E-state index in [4.69, 9.17) is 11.6 Å². The Morgan fingerprint density at radius 3 is 2.29 bits per heavy atom. The molecule has 0 heterocycles. The summed E-state index contributed by atoms with van der Waals surface area (Å²) in [4.78, 5) is 12.1. The molecule has 0 saturated heterocycles. The van der Waals surface area contributed by atoms with Crippen molar-refractivity contribution in [3.05, 3.63) is 76.3 Å². The van der Waals surface area contributed by atoms with Gasteiger partial charge in [-0.2, -0.15) is 0 Å². The molecule has 108 valence electrons.